The van der Waals surface area contributed by atoms with E-state index in [2.05, 4.69) is 43.5 Å². The number of benzene rings is 1. The monoisotopic (exact) mass is 492 g/mol. The van der Waals surface area contributed by atoms with Crippen molar-refractivity contribution in [3.63, 3.8) is 0 Å². The third-order valence-corrected chi connectivity index (χ3v) is 4.01. The Balaban J connectivity index is 2.13. The Bertz CT molecular complexity index is 774. The lowest BCUT2D eigenvalue weighted by molar-refractivity contribution is 0.0533. The summed E-state index contributed by atoms with van der Waals surface area (Å²) in [5, 5.41) is 3.77. The lowest BCUT2D eigenvalue weighted by Crippen LogP contribution is -2.37. The molecule has 8 heteroatoms. The maximum absolute atomic E-state index is 11.7. The molecule has 0 bridgehead atoms. The van der Waals surface area contributed by atoms with Crippen LogP contribution in [-0.2, 0) is 4.74 Å². The van der Waals surface area contributed by atoms with E-state index in [1.54, 1.807) is 26.8 Å². The summed E-state index contributed by atoms with van der Waals surface area (Å²) in [5.74, 6) is 0.0763. The maximum Gasteiger partial charge on any atom is 0.423 e. The van der Waals surface area contributed by atoms with E-state index >= 15 is 0 Å². The van der Waals surface area contributed by atoms with Crippen LogP contribution in [0.4, 0.5) is 9.59 Å². The first-order chi connectivity index (χ1) is 10.7. The minimum Gasteiger partial charge on any atom is -0.443 e. The predicted octanol–water partition coefficient (Wildman–Crippen LogP) is 4.63. The van der Waals surface area contributed by atoms with Crippen molar-refractivity contribution in [2.24, 2.45) is 0 Å². The van der Waals surface area contributed by atoms with Crippen LogP contribution in [0.1, 0.15) is 20.8 Å². The zero-order chi connectivity index (χ0) is 17.2. The van der Waals surface area contributed by atoms with Crippen LogP contribution in [0.3, 0.4) is 0 Å². The number of hydrogen-bond acceptors (Lipinski definition) is 5. The Hall–Kier alpha value is -1.42. The lowest BCUT2D eigenvalue weighted by Gasteiger charge is -2.19. The van der Waals surface area contributed by atoms with E-state index < -0.39 is 17.8 Å². The van der Waals surface area contributed by atoms with Crippen LogP contribution < -0.4 is 10.1 Å². The highest BCUT2D eigenvalue weighted by molar-refractivity contribution is 14.1. The minimum absolute atomic E-state index is 0.0763. The van der Waals surface area contributed by atoms with Gasteiger partial charge in [-0.1, -0.05) is 12.1 Å². The number of carbonyl (C=O) groups is 2. The van der Waals surface area contributed by atoms with Crippen LogP contribution in [0.5, 0.6) is 5.88 Å². The molecule has 1 aromatic carbocycles. The number of fused-ring (bicyclic) bond motifs is 1. The molecular weight excluding hydrogens is 479 g/mol. The zero-order valence-electron chi connectivity index (χ0n) is 12.6. The average molecular weight is 493 g/mol. The molecule has 1 aromatic heterocycles. The fourth-order valence-electron chi connectivity index (χ4n) is 1.76. The lowest BCUT2D eigenvalue weighted by atomic mass is 10.2. The Morgan fingerprint density at radius 1 is 1.26 bits per heavy atom. The number of hydrogen-bond donors (Lipinski definition) is 1. The van der Waals surface area contributed by atoms with Gasteiger partial charge in [-0.3, -0.25) is 0 Å². The molecule has 1 heterocycles. The highest BCUT2D eigenvalue weighted by Gasteiger charge is 2.19. The Kier molecular flexibility index (Phi) is 5.45. The van der Waals surface area contributed by atoms with Gasteiger partial charge in [0, 0.05) is 15.0 Å². The predicted molar refractivity (Wildman–Crippen MR) is 97.6 cm³/mol. The molecule has 2 aromatic rings. The average Bonchev–Trinajstić information content (AvgIpc) is 2.35. The molecule has 0 spiro atoms. The third kappa shape index (κ3) is 5.03. The van der Waals surface area contributed by atoms with Gasteiger partial charge in [0.2, 0.25) is 5.88 Å². The number of rotatable bonds is 1. The van der Waals surface area contributed by atoms with Crippen LogP contribution in [0.2, 0.25) is 0 Å². The first-order valence-corrected chi connectivity index (χ1v) is 8.49. The van der Waals surface area contributed by atoms with Crippen LogP contribution in [0.15, 0.2) is 28.9 Å². The largest absolute Gasteiger partial charge is 0.443 e. The van der Waals surface area contributed by atoms with Crippen molar-refractivity contribution >= 4 is 61.5 Å². The van der Waals surface area contributed by atoms with Crippen LogP contribution >= 0.6 is 38.5 Å². The molecule has 0 saturated carbocycles. The van der Waals surface area contributed by atoms with E-state index in [4.69, 9.17) is 9.47 Å². The number of nitrogens with one attached hydrogen (secondary N) is 1. The molecule has 0 atom stereocenters. The Labute approximate surface area is 155 Å². The molecule has 2 amide bonds. The fourth-order valence-corrected chi connectivity index (χ4v) is 3.52. The summed E-state index contributed by atoms with van der Waals surface area (Å²) in [6, 6.07) is 7.34. The van der Waals surface area contributed by atoms with Gasteiger partial charge >= 0.3 is 12.2 Å². The van der Waals surface area contributed by atoms with E-state index in [1.165, 1.54) is 0 Å². The number of amides is 2. The van der Waals surface area contributed by atoms with Crippen LogP contribution in [0.25, 0.3) is 10.8 Å². The molecule has 0 radical (unpaired) electrons. The fraction of sp³-hybridized carbons (Fsp3) is 0.267. The SMILES string of the molecule is CC(C)(C)OC(=O)NC(=O)Oc1cc2cccc(I)c2c(Br)n1. The van der Waals surface area contributed by atoms with Crippen LogP contribution in [-0.4, -0.2) is 22.8 Å². The summed E-state index contributed by atoms with van der Waals surface area (Å²) in [6.45, 7) is 5.09. The molecule has 0 fully saturated rings. The van der Waals surface area contributed by atoms with E-state index in [0.29, 0.717) is 4.60 Å². The molecule has 0 aliphatic carbocycles. The van der Waals surface area contributed by atoms with Crippen molar-refractivity contribution in [1.82, 2.24) is 10.3 Å². The van der Waals surface area contributed by atoms with Crippen molar-refractivity contribution in [3.05, 3.63) is 32.4 Å². The van der Waals surface area contributed by atoms with Crippen LogP contribution in [0, 0.1) is 3.57 Å². The molecule has 0 aliphatic heterocycles. The van der Waals surface area contributed by atoms with Gasteiger partial charge in [0.05, 0.1) is 0 Å². The molecule has 2 rings (SSSR count). The highest BCUT2D eigenvalue weighted by Crippen LogP contribution is 2.29. The summed E-state index contributed by atoms with van der Waals surface area (Å²) in [7, 11) is 0. The van der Waals surface area contributed by atoms with Gasteiger partial charge in [-0.15, -0.1) is 0 Å². The second-order valence-electron chi connectivity index (χ2n) is 5.61. The first-order valence-electron chi connectivity index (χ1n) is 6.62. The third-order valence-electron chi connectivity index (χ3n) is 2.54. The van der Waals surface area contributed by atoms with E-state index in [0.717, 1.165) is 14.3 Å². The Morgan fingerprint density at radius 3 is 2.61 bits per heavy atom. The van der Waals surface area contributed by atoms with Crippen molar-refractivity contribution < 1.29 is 19.1 Å². The molecule has 1 N–H and O–H groups in total. The van der Waals surface area contributed by atoms with Crippen molar-refractivity contribution in [2.75, 3.05) is 0 Å². The topological polar surface area (TPSA) is 77.5 Å². The standard InChI is InChI=1S/C15H14BrIN2O4/c1-15(2,3)23-14(21)19-13(20)22-10-7-8-5-4-6-9(17)11(8)12(16)18-10/h4-7H,1-3H3,(H,19,20,21). The molecule has 0 saturated heterocycles. The summed E-state index contributed by atoms with van der Waals surface area (Å²) in [4.78, 5) is 27.4. The van der Waals surface area contributed by atoms with Crippen molar-refractivity contribution in [3.8, 4) is 5.88 Å². The molecule has 23 heavy (non-hydrogen) atoms. The van der Waals surface area contributed by atoms with Gasteiger partial charge in [0.1, 0.15) is 10.2 Å². The molecular formula is C15H14BrIN2O4. The number of alkyl carbamates (subject to hydrolysis) is 1. The van der Waals surface area contributed by atoms with Gasteiger partial charge in [-0.05, 0) is 70.7 Å². The number of imide groups is 1. The number of ether oxygens (including phenoxy) is 2. The normalized spacial score (nSPS) is 11.2. The zero-order valence-corrected chi connectivity index (χ0v) is 16.4. The number of carbonyl (C=O) groups excluding carboxylic acids is 2. The Morgan fingerprint density at radius 2 is 1.96 bits per heavy atom. The molecule has 122 valence electrons. The van der Waals surface area contributed by atoms with Gasteiger partial charge in [0.25, 0.3) is 0 Å². The number of aromatic nitrogens is 1. The summed E-state index contributed by atoms with van der Waals surface area (Å²) in [6.07, 6.45) is -1.83. The first kappa shape index (κ1) is 17.9. The van der Waals surface area contributed by atoms with Crippen molar-refractivity contribution in [2.45, 2.75) is 26.4 Å². The summed E-state index contributed by atoms with van der Waals surface area (Å²) in [5.41, 5.74) is -0.703. The number of pyridine rings is 1. The maximum atomic E-state index is 11.7. The van der Waals surface area contributed by atoms with Gasteiger partial charge in [0.15, 0.2) is 0 Å². The minimum atomic E-state index is -0.955. The molecule has 0 aliphatic rings. The highest BCUT2D eigenvalue weighted by atomic mass is 127. The van der Waals surface area contributed by atoms with Gasteiger partial charge in [-0.2, -0.15) is 0 Å². The number of nitrogens with zero attached hydrogens (tertiary/aromatic N) is 1. The summed E-state index contributed by atoms with van der Waals surface area (Å²) >= 11 is 5.56. The quantitative estimate of drug-likeness (QED) is 0.464. The number of halogens is 2. The van der Waals surface area contributed by atoms with Gasteiger partial charge < -0.3 is 9.47 Å². The molecule has 6 nitrogen and oxygen atoms in total. The van der Waals surface area contributed by atoms with Crippen molar-refractivity contribution in [1.29, 1.82) is 0 Å². The summed E-state index contributed by atoms with van der Waals surface area (Å²) < 4.78 is 11.6. The van der Waals surface area contributed by atoms with E-state index in [9.17, 15) is 9.59 Å². The smallest absolute Gasteiger partial charge is 0.423 e. The van der Waals surface area contributed by atoms with Gasteiger partial charge in [-0.25, -0.2) is 19.9 Å². The molecule has 0 unspecified atom stereocenters. The van der Waals surface area contributed by atoms with E-state index in [1.807, 2.05) is 23.5 Å². The van der Waals surface area contributed by atoms with E-state index in [-0.39, 0.29) is 5.88 Å². The second-order valence-corrected chi connectivity index (χ2v) is 7.52. The second kappa shape index (κ2) is 7.00.